The number of ether oxygens (including phenoxy) is 2. The van der Waals surface area contributed by atoms with Gasteiger partial charge in [0, 0.05) is 45.8 Å². The zero-order valence-corrected chi connectivity index (χ0v) is 23.6. The summed E-state index contributed by atoms with van der Waals surface area (Å²) < 4.78 is 15.2. The first kappa shape index (κ1) is 27.3. The highest BCUT2D eigenvalue weighted by molar-refractivity contribution is 9.10. The fourth-order valence-electron chi connectivity index (χ4n) is 4.53. The predicted molar refractivity (Wildman–Crippen MR) is 147 cm³/mol. The zero-order valence-electron chi connectivity index (χ0n) is 22.0. The Morgan fingerprint density at radius 1 is 0.833 bits per heavy atom. The van der Waals surface area contributed by atoms with Gasteiger partial charge in [-0.1, -0.05) is 15.9 Å². The quantitative estimate of drug-likeness (QED) is 0.260. The van der Waals surface area contributed by atoms with Crippen LogP contribution >= 0.6 is 15.9 Å². The summed E-state index contributed by atoms with van der Waals surface area (Å²) in [5.41, 5.74) is 4.92. The van der Waals surface area contributed by atoms with Gasteiger partial charge in [0.1, 0.15) is 5.75 Å². The van der Waals surface area contributed by atoms with Crippen LogP contribution in [-0.4, -0.2) is 40.4 Å². The molecule has 4 aromatic rings. The Morgan fingerprint density at radius 3 is 1.78 bits per heavy atom. The van der Waals surface area contributed by atoms with Crippen molar-refractivity contribution < 1.29 is 24.2 Å². The molecule has 2 aromatic heterocycles. The number of aromatic carboxylic acids is 1. The molecular formula is C28H33BrN2O5. The Balaban J connectivity index is 0.000000201. The van der Waals surface area contributed by atoms with Gasteiger partial charge >= 0.3 is 11.9 Å². The zero-order chi connectivity index (χ0) is 26.9. The molecule has 0 saturated heterocycles. The summed E-state index contributed by atoms with van der Waals surface area (Å²) >= 11 is 3.45. The first-order valence-corrected chi connectivity index (χ1v) is 12.5. The third-order valence-corrected chi connectivity index (χ3v) is 6.63. The number of carboxylic acid groups (broad SMARTS) is 1. The van der Waals surface area contributed by atoms with Crippen molar-refractivity contribution in [2.75, 3.05) is 14.2 Å². The lowest BCUT2D eigenvalue weighted by Gasteiger charge is -2.11. The monoisotopic (exact) mass is 556 g/mol. The van der Waals surface area contributed by atoms with E-state index in [4.69, 9.17) is 9.47 Å². The fraction of sp³-hybridized carbons (Fsp3) is 0.357. The largest absolute Gasteiger partial charge is 0.497 e. The number of carboxylic acids is 1. The van der Waals surface area contributed by atoms with Gasteiger partial charge in [0.25, 0.3) is 0 Å². The summed E-state index contributed by atoms with van der Waals surface area (Å²) in [6, 6.07) is 7.92. The van der Waals surface area contributed by atoms with Crippen molar-refractivity contribution in [1.29, 1.82) is 0 Å². The number of hydrogen-bond donors (Lipinski definition) is 1. The summed E-state index contributed by atoms with van der Waals surface area (Å²) in [7, 11) is 2.95. The Bertz CT molecular complexity index is 1450. The third kappa shape index (κ3) is 5.14. The van der Waals surface area contributed by atoms with E-state index in [1.165, 1.54) is 7.11 Å². The van der Waals surface area contributed by atoms with Gasteiger partial charge in [0.05, 0.1) is 36.4 Å². The number of aryl methyl sites for hydroxylation is 2. The van der Waals surface area contributed by atoms with Crippen molar-refractivity contribution in [2.24, 2.45) is 0 Å². The van der Waals surface area contributed by atoms with E-state index >= 15 is 0 Å². The van der Waals surface area contributed by atoms with E-state index in [2.05, 4.69) is 59.0 Å². The van der Waals surface area contributed by atoms with Crippen LogP contribution in [0, 0.1) is 13.8 Å². The van der Waals surface area contributed by atoms with Crippen molar-refractivity contribution in [3.05, 3.63) is 63.4 Å². The first-order valence-electron chi connectivity index (χ1n) is 11.7. The highest BCUT2D eigenvalue weighted by atomic mass is 79.9. The van der Waals surface area contributed by atoms with Crippen LogP contribution in [0.1, 0.15) is 71.6 Å². The molecule has 8 heteroatoms. The Hall–Kier alpha value is -3.26. The fourth-order valence-corrected chi connectivity index (χ4v) is 4.97. The van der Waals surface area contributed by atoms with Crippen molar-refractivity contribution >= 4 is 49.7 Å². The maximum Gasteiger partial charge on any atom is 0.338 e. The van der Waals surface area contributed by atoms with E-state index in [0.29, 0.717) is 22.9 Å². The summed E-state index contributed by atoms with van der Waals surface area (Å²) in [5.74, 6) is -0.658. The van der Waals surface area contributed by atoms with Gasteiger partial charge in [0.15, 0.2) is 0 Å². The van der Waals surface area contributed by atoms with E-state index in [0.717, 1.165) is 37.4 Å². The van der Waals surface area contributed by atoms with Gasteiger partial charge in [-0.3, -0.25) is 0 Å². The summed E-state index contributed by atoms with van der Waals surface area (Å²) in [6.07, 6.45) is 4.06. The third-order valence-electron chi connectivity index (χ3n) is 6.17. The number of halogens is 1. The molecule has 0 fully saturated rings. The molecule has 0 bridgehead atoms. The van der Waals surface area contributed by atoms with Crippen molar-refractivity contribution in [3.8, 4) is 5.75 Å². The van der Waals surface area contributed by atoms with Crippen LogP contribution in [0.5, 0.6) is 5.75 Å². The van der Waals surface area contributed by atoms with Gasteiger partial charge < -0.3 is 23.7 Å². The van der Waals surface area contributed by atoms with Crippen molar-refractivity contribution in [2.45, 2.75) is 53.6 Å². The SMILES string of the molecule is COC(=O)c1cc(Br)cc2c1c(C)cn2C(C)C.COc1cc(C(=O)O)c2c(C)cn(C(C)C)c2c1. The first-order chi connectivity index (χ1) is 16.9. The Labute approximate surface area is 219 Å². The number of carbonyl (C=O) groups is 2. The average molecular weight is 557 g/mol. The molecule has 0 aliphatic heterocycles. The topological polar surface area (TPSA) is 82.7 Å². The number of nitrogens with zero attached hydrogens (tertiary/aromatic N) is 2. The van der Waals surface area contributed by atoms with Crippen LogP contribution < -0.4 is 4.74 Å². The van der Waals surface area contributed by atoms with Crippen LogP contribution in [-0.2, 0) is 4.74 Å². The molecule has 2 heterocycles. The van der Waals surface area contributed by atoms with Crippen LogP contribution in [0.3, 0.4) is 0 Å². The number of rotatable bonds is 5. The summed E-state index contributed by atoms with van der Waals surface area (Å²) in [4.78, 5) is 23.2. The predicted octanol–water partition coefficient (Wildman–Crippen LogP) is 7.32. The molecule has 0 spiro atoms. The molecule has 2 aromatic carbocycles. The molecule has 0 aliphatic carbocycles. The highest BCUT2D eigenvalue weighted by Gasteiger charge is 2.19. The minimum Gasteiger partial charge on any atom is -0.497 e. The lowest BCUT2D eigenvalue weighted by Crippen LogP contribution is -2.03. The standard InChI is InChI=1S/C14H16BrNO2.C14H17NO3/c1-8(2)16-7-9(3)13-11(14(17)18-4)5-10(15)6-12(13)16;1-8(2)15-7-9(3)13-11(14(16)17)5-10(18-4)6-12(13)15/h5-8H,1-4H3;5-8H,1-4H3,(H,16,17). The second kappa shape index (κ2) is 10.8. The van der Waals surface area contributed by atoms with Crippen molar-refractivity contribution in [1.82, 2.24) is 9.13 Å². The molecule has 7 nitrogen and oxygen atoms in total. The Kier molecular flexibility index (Phi) is 8.19. The molecule has 0 amide bonds. The maximum atomic E-state index is 11.9. The van der Waals surface area contributed by atoms with E-state index < -0.39 is 5.97 Å². The second-order valence-electron chi connectivity index (χ2n) is 9.34. The van der Waals surface area contributed by atoms with Crippen LogP contribution in [0.25, 0.3) is 21.8 Å². The molecule has 4 rings (SSSR count). The molecule has 1 N–H and O–H groups in total. The second-order valence-corrected chi connectivity index (χ2v) is 10.3. The molecule has 0 radical (unpaired) electrons. The normalized spacial score (nSPS) is 11.2. The van der Waals surface area contributed by atoms with Crippen LogP contribution in [0.15, 0.2) is 41.1 Å². The molecule has 192 valence electrons. The minimum absolute atomic E-state index is 0.273. The smallest absolute Gasteiger partial charge is 0.338 e. The van der Waals surface area contributed by atoms with Crippen LogP contribution in [0.2, 0.25) is 0 Å². The minimum atomic E-state index is -0.927. The van der Waals surface area contributed by atoms with Crippen molar-refractivity contribution in [3.63, 3.8) is 0 Å². The van der Waals surface area contributed by atoms with Gasteiger partial charge in [-0.05, 0) is 70.9 Å². The molecule has 0 unspecified atom stereocenters. The number of carbonyl (C=O) groups excluding carboxylic acids is 1. The summed E-state index contributed by atoms with van der Waals surface area (Å²) in [5, 5.41) is 11.1. The van der Waals surface area contributed by atoms with Gasteiger partial charge in [-0.2, -0.15) is 0 Å². The summed E-state index contributed by atoms with van der Waals surface area (Å²) in [6.45, 7) is 12.3. The molecule has 0 saturated carbocycles. The number of aromatic nitrogens is 2. The van der Waals surface area contributed by atoms with Gasteiger partial charge in [-0.25, -0.2) is 9.59 Å². The number of methoxy groups -OCH3 is 2. The molecule has 36 heavy (non-hydrogen) atoms. The van der Waals surface area contributed by atoms with Gasteiger partial charge in [0.2, 0.25) is 0 Å². The number of fused-ring (bicyclic) bond motifs is 2. The van der Waals surface area contributed by atoms with Gasteiger partial charge in [-0.15, -0.1) is 0 Å². The molecule has 0 atom stereocenters. The number of hydrogen-bond acceptors (Lipinski definition) is 4. The van der Waals surface area contributed by atoms with E-state index in [1.54, 1.807) is 13.2 Å². The average Bonchev–Trinajstić information content (AvgIpc) is 3.34. The Morgan fingerprint density at radius 2 is 1.33 bits per heavy atom. The number of benzene rings is 2. The van der Waals surface area contributed by atoms with E-state index in [-0.39, 0.29) is 12.0 Å². The lowest BCUT2D eigenvalue weighted by atomic mass is 10.1. The van der Waals surface area contributed by atoms with E-state index in [9.17, 15) is 14.7 Å². The lowest BCUT2D eigenvalue weighted by molar-refractivity contribution is 0.0602. The maximum absolute atomic E-state index is 11.9. The molecular weight excluding hydrogens is 524 g/mol. The number of esters is 1. The highest BCUT2D eigenvalue weighted by Crippen LogP contribution is 2.32. The molecule has 0 aliphatic rings. The van der Waals surface area contributed by atoms with E-state index in [1.807, 2.05) is 38.2 Å². The van der Waals surface area contributed by atoms with Crippen LogP contribution in [0.4, 0.5) is 0 Å².